The summed E-state index contributed by atoms with van der Waals surface area (Å²) in [6.45, 7) is 0. The lowest BCUT2D eigenvalue weighted by molar-refractivity contribution is 0.404. The predicted molar refractivity (Wildman–Crippen MR) is 95.9 cm³/mol. The van der Waals surface area contributed by atoms with E-state index in [-0.39, 0.29) is 0 Å². The molecule has 0 saturated heterocycles. The lowest BCUT2D eigenvalue weighted by Crippen LogP contribution is -1.93. The minimum atomic E-state index is 0.742. The Labute approximate surface area is 146 Å². The number of anilines is 2. The molecule has 1 N–H and O–H groups in total. The highest BCUT2D eigenvalue weighted by atomic mass is 79.9. The monoisotopic (exact) mass is 391 g/mol. The van der Waals surface area contributed by atoms with E-state index in [1.807, 2.05) is 35.7 Å². The molecule has 0 radical (unpaired) electrons. The van der Waals surface area contributed by atoms with Crippen LogP contribution >= 0.6 is 27.3 Å². The molecular weight excluding hydrogens is 378 g/mol. The molecule has 0 unspecified atom stereocenters. The summed E-state index contributed by atoms with van der Waals surface area (Å²) in [5, 5.41) is 5.93. The number of hydrogen-bond acceptors (Lipinski definition) is 6. The van der Waals surface area contributed by atoms with E-state index in [2.05, 4.69) is 31.2 Å². The van der Waals surface area contributed by atoms with Gasteiger partial charge in [-0.15, -0.1) is 11.3 Å². The minimum absolute atomic E-state index is 0.742. The van der Waals surface area contributed by atoms with Crippen LogP contribution in [0.4, 0.5) is 10.9 Å². The van der Waals surface area contributed by atoms with Gasteiger partial charge in [0.1, 0.15) is 17.3 Å². The molecule has 7 heteroatoms. The third kappa shape index (κ3) is 3.62. The maximum absolute atomic E-state index is 5.41. The van der Waals surface area contributed by atoms with Crippen molar-refractivity contribution >= 4 is 38.2 Å². The molecule has 23 heavy (non-hydrogen) atoms. The second kappa shape index (κ2) is 6.97. The number of rotatable bonds is 5. The van der Waals surface area contributed by atoms with E-state index in [1.165, 1.54) is 11.3 Å². The van der Waals surface area contributed by atoms with Crippen LogP contribution in [0.1, 0.15) is 0 Å². The number of nitrogens with zero attached hydrogens (tertiary/aromatic N) is 2. The number of nitrogens with one attached hydrogen (secondary N) is 1. The Bertz CT molecular complexity index is 805. The van der Waals surface area contributed by atoms with Crippen molar-refractivity contribution in [2.75, 3.05) is 19.5 Å². The van der Waals surface area contributed by atoms with Gasteiger partial charge in [0, 0.05) is 21.6 Å². The molecule has 2 aromatic heterocycles. The lowest BCUT2D eigenvalue weighted by atomic mass is 10.1. The molecule has 2 heterocycles. The molecule has 3 rings (SSSR count). The molecule has 118 valence electrons. The van der Waals surface area contributed by atoms with Crippen LogP contribution in [-0.4, -0.2) is 24.2 Å². The van der Waals surface area contributed by atoms with Crippen LogP contribution in [0, 0.1) is 0 Å². The maximum Gasteiger partial charge on any atom is 0.188 e. The van der Waals surface area contributed by atoms with E-state index in [0.717, 1.165) is 38.2 Å². The molecule has 0 spiro atoms. The fourth-order valence-corrected chi connectivity index (χ4v) is 2.98. The summed E-state index contributed by atoms with van der Waals surface area (Å²) in [5.41, 5.74) is 1.71. The summed E-state index contributed by atoms with van der Waals surface area (Å²) in [5.74, 6) is 2.26. The van der Waals surface area contributed by atoms with E-state index in [0.29, 0.717) is 0 Å². The molecule has 0 fully saturated rings. The van der Waals surface area contributed by atoms with Crippen molar-refractivity contribution in [2.24, 2.45) is 0 Å². The van der Waals surface area contributed by atoms with Crippen molar-refractivity contribution < 1.29 is 9.47 Å². The Morgan fingerprint density at radius 3 is 2.70 bits per heavy atom. The molecular formula is C16H14BrN3O2S. The summed E-state index contributed by atoms with van der Waals surface area (Å²) in [4.78, 5) is 8.88. The Morgan fingerprint density at radius 2 is 2.00 bits per heavy atom. The third-order valence-corrected chi connectivity index (χ3v) is 4.38. The van der Waals surface area contributed by atoms with Gasteiger partial charge in [0.25, 0.3) is 0 Å². The zero-order chi connectivity index (χ0) is 16.2. The van der Waals surface area contributed by atoms with Crippen molar-refractivity contribution in [2.45, 2.75) is 0 Å². The zero-order valence-corrected chi connectivity index (χ0v) is 14.9. The van der Waals surface area contributed by atoms with Crippen LogP contribution < -0.4 is 14.8 Å². The summed E-state index contributed by atoms with van der Waals surface area (Å²) in [6.07, 6.45) is 1.74. The summed E-state index contributed by atoms with van der Waals surface area (Å²) < 4.78 is 11.6. The third-order valence-electron chi connectivity index (χ3n) is 3.15. The normalized spacial score (nSPS) is 10.4. The summed E-state index contributed by atoms with van der Waals surface area (Å²) in [6, 6.07) is 9.46. The van der Waals surface area contributed by atoms with E-state index < -0.39 is 0 Å². The Hall–Kier alpha value is -2.12. The van der Waals surface area contributed by atoms with Crippen molar-refractivity contribution in [3.05, 3.63) is 46.4 Å². The predicted octanol–water partition coefficient (Wildman–Crippen LogP) is 4.73. The topological polar surface area (TPSA) is 56.3 Å². The van der Waals surface area contributed by atoms with E-state index in [9.17, 15) is 0 Å². The van der Waals surface area contributed by atoms with E-state index in [1.54, 1.807) is 20.4 Å². The van der Waals surface area contributed by atoms with Crippen LogP contribution in [0.5, 0.6) is 11.5 Å². The van der Waals surface area contributed by atoms with Crippen LogP contribution in [0.3, 0.4) is 0 Å². The number of hydrogen-bond donors (Lipinski definition) is 1. The molecule has 5 nitrogen and oxygen atoms in total. The number of pyridine rings is 1. The Balaban J connectivity index is 1.88. The molecule has 0 aliphatic rings. The SMILES string of the molecule is COc1ccc(OC)c(-c2csc(Nc3ccc(Br)cn3)n2)c1. The molecule has 0 aliphatic heterocycles. The largest absolute Gasteiger partial charge is 0.497 e. The van der Waals surface area contributed by atoms with Gasteiger partial charge in [-0.1, -0.05) is 0 Å². The van der Waals surface area contributed by atoms with Crippen molar-refractivity contribution in [1.82, 2.24) is 9.97 Å². The first kappa shape index (κ1) is 15.8. The Kier molecular flexibility index (Phi) is 4.78. The first-order chi connectivity index (χ1) is 11.2. The smallest absolute Gasteiger partial charge is 0.188 e. The second-order valence-electron chi connectivity index (χ2n) is 4.59. The standard InChI is InChI=1S/C16H14BrN3O2S/c1-21-11-4-5-14(22-2)12(7-11)13-9-23-16(19-13)20-15-6-3-10(17)8-18-15/h3-9H,1-2H3,(H,18,19,20). The molecule has 3 aromatic rings. The number of benzene rings is 1. The maximum atomic E-state index is 5.41. The second-order valence-corrected chi connectivity index (χ2v) is 6.36. The van der Waals surface area contributed by atoms with Crippen LogP contribution in [-0.2, 0) is 0 Å². The van der Waals surface area contributed by atoms with Crippen molar-refractivity contribution in [1.29, 1.82) is 0 Å². The minimum Gasteiger partial charge on any atom is -0.497 e. The van der Waals surface area contributed by atoms with Gasteiger partial charge in [-0.25, -0.2) is 9.97 Å². The van der Waals surface area contributed by atoms with E-state index >= 15 is 0 Å². The van der Waals surface area contributed by atoms with E-state index in [4.69, 9.17) is 9.47 Å². The number of thiazole rings is 1. The van der Waals surface area contributed by atoms with Crippen molar-refractivity contribution in [3.63, 3.8) is 0 Å². The number of ether oxygens (including phenoxy) is 2. The fourth-order valence-electron chi connectivity index (χ4n) is 2.03. The van der Waals surface area contributed by atoms with Gasteiger partial charge in [0.05, 0.1) is 19.9 Å². The lowest BCUT2D eigenvalue weighted by Gasteiger charge is -2.08. The molecule has 0 aliphatic carbocycles. The van der Waals surface area contributed by atoms with Crippen LogP contribution in [0.2, 0.25) is 0 Å². The molecule has 0 saturated carbocycles. The molecule has 0 amide bonds. The van der Waals surface area contributed by atoms with Crippen LogP contribution in [0.25, 0.3) is 11.3 Å². The van der Waals surface area contributed by atoms with Crippen molar-refractivity contribution in [3.8, 4) is 22.8 Å². The average molecular weight is 392 g/mol. The Morgan fingerprint density at radius 1 is 1.13 bits per heavy atom. The number of methoxy groups -OCH3 is 2. The molecule has 0 bridgehead atoms. The van der Waals surface area contributed by atoms with Gasteiger partial charge < -0.3 is 14.8 Å². The highest BCUT2D eigenvalue weighted by Gasteiger charge is 2.12. The van der Waals surface area contributed by atoms with Gasteiger partial charge >= 0.3 is 0 Å². The molecule has 0 atom stereocenters. The zero-order valence-electron chi connectivity index (χ0n) is 12.5. The highest BCUT2D eigenvalue weighted by molar-refractivity contribution is 9.10. The highest BCUT2D eigenvalue weighted by Crippen LogP contribution is 2.35. The average Bonchev–Trinajstić information content (AvgIpc) is 3.04. The van der Waals surface area contributed by atoms with Gasteiger partial charge in [0.15, 0.2) is 5.13 Å². The fraction of sp³-hybridized carbons (Fsp3) is 0.125. The van der Waals surface area contributed by atoms with Gasteiger partial charge in [-0.05, 0) is 46.3 Å². The van der Waals surface area contributed by atoms with Crippen LogP contribution in [0.15, 0.2) is 46.4 Å². The first-order valence-corrected chi connectivity index (χ1v) is 8.43. The number of aromatic nitrogens is 2. The summed E-state index contributed by atoms with van der Waals surface area (Å²) in [7, 11) is 3.28. The quantitative estimate of drug-likeness (QED) is 0.681. The van der Waals surface area contributed by atoms with Gasteiger partial charge in [0.2, 0.25) is 0 Å². The summed E-state index contributed by atoms with van der Waals surface area (Å²) >= 11 is 4.87. The van der Waals surface area contributed by atoms with Gasteiger partial charge in [-0.3, -0.25) is 0 Å². The first-order valence-electron chi connectivity index (χ1n) is 6.76. The number of halogens is 1. The van der Waals surface area contributed by atoms with Gasteiger partial charge in [-0.2, -0.15) is 0 Å². The molecule has 1 aromatic carbocycles.